The number of nitrogens with one attached hydrogen (secondary N) is 1. The van der Waals surface area contributed by atoms with Gasteiger partial charge in [0.25, 0.3) is 5.69 Å². The van der Waals surface area contributed by atoms with E-state index in [0.29, 0.717) is 17.8 Å². The van der Waals surface area contributed by atoms with Crippen molar-refractivity contribution in [1.29, 1.82) is 0 Å². The van der Waals surface area contributed by atoms with Gasteiger partial charge in [-0.05, 0) is 35.9 Å². The van der Waals surface area contributed by atoms with Gasteiger partial charge >= 0.3 is 0 Å². The summed E-state index contributed by atoms with van der Waals surface area (Å²) in [4.78, 5) is 22.5. The zero-order valence-corrected chi connectivity index (χ0v) is 13.8. The third-order valence-electron chi connectivity index (χ3n) is 3.67. The van der Waals surface area contributed by atoms with E-state index in [0.717, 1.165) is 5.56 Å². The molecule has 0 spiro atoms. The fraction of sp³-hybridized carbons (Fsp3) is 0.0526. The summed E-state index contributed by atoms with van der Waals surface area (Å²) < 4.78 is 1.81. The SMILES string of the molecule is O=C(/C=C\c1ccccc1[N+](=O)[O-])Nc1ccc(Cn2cccn2)cc1. The Balaban J connectivity index is 1.62. The topological polar surface area (TPSA) is 90.1 Å². The van der Waals surface area contributed by atoms with Crippen molar-refractivity contribution in [3.8, 4) is 0 Å². The molecule has 0 aliphatic rings. The van der Waals surface area contributed by atoms with Crippen molar-refractivity contribution in [2.75, 3.05) is 5.32 Å². The van der Waals surface area contributed by atoms with Gasteiger partial charge in [0.05, 0.1) is 17.0 Å². The molecule has 0 fully saturated rings. The Labute approximate surface area is 149 Å². The van der Waals surface area contributed by atoms with Crippen LogP contribution in [-0.4, -0.2) is 20.6 Å². The summed E-state index contributed by atoms with van der Waals surface area (Å²) in [6.07, 6.45) is 6.31. The predicted molar refractivity (Wildman–Crippen MR) is 98.5 cm³/mol. The van der Waals surface area contributed by atoms with Crippen molar-refractivity contribution in [2.24, 2.45) is 0 Å². The van der Waals surface area contributed by atoms with Gasteiger partial charge in [-0.25, -0.2) is 0 Å². The number of nitro groups is 1. The number of benzene rings is 2. The molecule has 0 aliphatic heterocycles. The summed E-state index contributed by atoms with van der Waals surface area (Å²) in [6, 6.07) is 15.5. The Morgan fingerprint density at radius 3 is 2.62 bits per heavy atom. The van der Waals surface area contributed by atoms with Crippen molar-refractivity contribution < 1.29 is 9.72 Å². The van der Waals surface area contributed by atoms with E-state index in [1.54, 1.807) is 36.5 Å². The smallest absolute Gasteiger partial charge is 0.276 e. The Kier molecular flexibility index (Phi) is 5.19. The minimum Gasteiger partial charge on any atom is -0.323 e. The standard InChI is InChI=1S/C19H16N4O3/c24-19(11-8-16-4-1-2-5-18(16)23(25)26)21-17-9-6-15(7-10-17)14-22-13-3-12-20-22/h1-13H,14H2,(H,21,24)/b11-8-. The Bertz CT molecular complexity index is 932. The van der Waals surface area contributed by atoms with Crippen LogP contribution >= 0.6 is 0 Å². The van der Waals surface area contributed by atoms with E-state index < -0.39 is 4.92 Å². The maximum absolute atomic E-state index is 12.0. The number of nitrogens with zero attached hydrogens (tertiary/aromatic N) is 3. The summed E-state index contributed by atoms with van der Waals surface area (Å²) in [6.45, 7) is 0.652. The third kappa shape index (κ3) is 4.41. The van der Waals surface area contributed by atoms with Crippen LogP contribution in [0.3, 0.4) is 0 Å². The van der Waals surface area contributed by atoms with Crippen LogP contribution in [0.2, 0.25) is 0 Å². The minimum absolute atomic E-state index is 0.0421. The van der Waals surface area contributed by atoms with Gasteiger partial charge in [0, 0.05) is 30.2 Å². The predicted octanol–water partition coefficient (Wildman–Crippen LogP) is 3.49. The first kappa shape index (κ1) is 17.1. The Hall–Kier alpha value is -3.74. The summed E-state index contributed by atoms with van der Waals surface area (Å²) in [7, 11) is 0. The van der Waals surface area contributed by atoms with Gasteiger partial charge in [-0.3, -0.25) is 19.6 Å². The molecule has 130 valence electrons. The summed E-state index contributed by atoms with van der Waals surface area (Å²) in [5.41, 5.74) is 2.04. The first-order chi connectivity index (χ1) is 12.6. The fourth-order valence-electron chi connectivity index (χ4n) is 2.42. The highest BCUT2D eigenvalue weighted by Gasteiger charge is 2.09. The molecule has 0 saturated heterocycles. The molecule has 1 aromatic heterocycles. The van der Waals surface area contributed by atoms with E-state index in [-0.39, 0.29) is 11.6 Å². The lowest BCUT2D eigenvalue weighted by Crippen LogP contribution is -2.08. The van der Waals surface area contributed by atoms with Gasteiger partial charge in [-0.1, -0.05) is 24.3 Å². The monoisotopic (exact) mass is 348 g/mol. The van der Waals surface area contributed by atoms with Crippen LogP contribution in [0, 0.1) is 10.1 Å². The molecule has 7 heteroatoms. The van der Waals surface area contributed by atoms with Crippen LogP contribution in [0.4, 0.5) is 11.4 Å². The average Bonchev–Trinajstić information content (AvgIpc) is 3.15. The lowest BCUT2D eigenvalue weighted by molar-refractivity contribution is -0.385. The Morgan fingerprint density at radius 2 is 1.92 bits per heavy atom. The van der Waals surface area contributed by atoms with Gasteiger partial charge in [-0.2, -0.15) is 5.10 Å². The molecule has 0 aliphatic carbocycles. The molecule has 3 rings (SSSR count). The molecule has 3 aromatic rings. The van der Waals surface area contributed by atoms with E-state index in [1.165, 1.54) is 18.2 Å². The first-order valence-corrected chi connectivity index (χ1v) is 7.91. The lowest BCUT2D eigenvalue weighted by Gasteiger charge is -2.05. The molecule has 0 bridgehead atoms. The van der Waals surface area contributed by atoms with E-state index in [4.69, 9.17) is 0 Å². The number of aromatic nitrogens is 2. The maximum atomic E-state index is 12.0. The second kappa shape index (κ2) is 7.89. The molecule has 1 heterocycles. The van der Waals surface area contributed by atoms with E-state index in [1.807, 2.05) is 29.1 Å². The molecule has 0 radical (unpaired) electrons. The van der Waals surface area contributed by atoms with E-state index in [2.05, 4.69) is 10.4 Å². The highest BCUT2D eigenvalue weighted by atomic mass is 16.6. The quantitative estimate of drug-likeness (QED) is 0.419. The number of rotatable bonds is 6. The normalized spacial score (nSPS) is 10.8. The first-order valence-electron chi connectivity index (χ1n) is 7.91. The van der Waals surface area contributed by atoms with Crippen LogP contribution in [0.5, 0.6) is 0 Å². The van der Waals surface area contributed by atoms with Crippen LogP contribution in [0.1, 0.15) is 11.1 Å². The van der Waals surface area contributed by atoms with Crippen LogP contribution in [0.25, 0.3) is 6.08 Å². The van der Waals surface area contributed by atoms with E-state index in [9.17, 15) is 14.9 Å². The van der Waals surface area contributed by atoms with E-state index >= 15 is 0 Å². The van der Waals surface area contributed by atoms with Crippen molar-refractivity contribution in [3.05, 3.63) is 94.3 Å². The van der Waals surface area contributed by atoms with Gasteiger partial charge in [0.2, 0.25) is 5.91 Å². The lowest BCUT2D eigenvalue weighted by atomic mass is 10.1. The summed E-state index contributed by atoms with van der Waals surface area (Å²) >= 11 is 0. The van der Waals surface area contributed by atoms with Crippen molar-refractivity contribution >= 4 is 23.4 Å². The molecular formula is C19H16N4O3. The van der Waals surface area contributed by atoms with Gasteiger partial charge < -0.3 is 5.32 Å². The van der Waals surface area contributed by atoms with Crippen molar-refractivity contribution in [2.45, 2.75) is 6.54 Å². The molecule has 1 N–H and O–H groups in total. The zero-order chi connectivity index (χ0) is 18.4. The number of hydrogen-bond acceptors (Lipinski definition) is 4. The molecule has 1 amide bonds. The largest absolute Gasteiger partial charge is 0.323 e. The number of nitro benzene ring substituents is 1. The highest BCUT2D eigenvalue weighted by Crippen LogP contribution is 2.19. The summed E-state index contributed by atoms with van der Waals surface area (Å²) in [5, 5.41) is 17.8. The second-order valence-electron chi connectivity index (χ2n) is 5.54. The number of carbonyl (C=O) groups is 1. The minimum atomic E-state index is -0.476. The zero-order valence-electron chi connectivity index (χ0n) is 13.8. The maximum Gasteiger partial charge on any atom is 0.276 e. The number of hydrogen-bond donors (Lipinski definition) is 1. The molecule has 7 nitrogen and oxygen atoms in total. The molecular weight excluding hydrogens is 332 g/mol. The molecule has 2 aromatic carbocycles. The summed E-state index contributed by atoms with van der Waals surface area (Å²) in [5.74, 6) is -0.358. The molecule has 0 saturated carbocycles. The number of carbonyl (C=O) groups excluding carboxylic acids is 1. The van der Waals surface area contributed by atoms with Gasteiger partial charge in [0.1, 0.15) is 0 Å². The van der Waals surface area contributed by atoms with Crippen LogP contribution in [0.15, 0.2) is 73.1 Å². The molecule has 0 atom stereocenters. The van der Waals surface area contributed by atoms with Crippen molar-refractivity contribution in [1.82, 2.24) is 9.78 Å². The second-order valence-corrected chi connectivity index (χ2v) is 5.54. The number of anilines is 1. The van der Waals surface area contributed by atoms with Crippen LogP contribution < -0.4 is 5.32 Å². The van der Waals surface area contributed by atoms with Gasteiger partial charge in [0.15, 0.2) is 0 Å². The Morgan fingerprint density at radius 1 is 1.15 bits per heavy atom. The molecule has 26 heavy (non-hydrogen) atoms. The van der Waals surface area contributed by atoms with Gasteiger partial charge in [-0.15, -0.1) is 0 Å². The fourth-order valence-corrected chi connectivity index (χ4v) is 2.42. The number of para-hydroxylation sites is 1. The highest BCUT2D eigenvalue weighted by molar-refractivity contribution is 6.02. The third-order valence-corrected chi connectivity index (χ3v) is 3.67. The molecule has 0 unspecified atom stereocenters. The number of amides is 1. The average molecular weight is 348 g/mol. The van der Waals surface area contributed by atoms with Crippen molar-refractivity contribution in [3.63, 3.8) is 0 Å². The van der Waals surface area contributed by atoms with Crippen LogP contribution in [-0.2, 0) is 11.3 Å².